The number of benzene rings is 1. The van der Waals surface area contributed by atoms with Gasteiger partial charge in [0.05, 0.1) is 5.75 Å². The van der Waals surface area contributed by atoms with Crippen LogP contribution >= 0.6 is 11.8 Å². The quantitative estimate of drug-likeness (QED) is 0.758. The Morgan fingerprint density at radius 2 is 1.81 bits per heavy atom. The van der Waals surface area contributed by atoms with Crippen LogP contribution in [-0.2, 0) is 11.3 Å². The van der Waals surface area contributed by atoms with Gasteiger partial charge in [0.1, 0.15) is 0 Å². The Bertz CT molecular complexity index is 435. The molecule has 0 aliphatic rings. The molecule has 0 aliphatic carbocycles. The maximum Gasteiger partial charge on any atom is 0.230 e. The summed E-state index contributed by atoms with van der Waals surface area (Å²) in [6, 6.07) is 8.40. The monoisotopic (exact) mass is 308 g/mol. The van der Waals surface area contributed by atoms with Crippen molar-refractivity contribution in [3.8, 4) is 0 Å². The molecule has 0 radical (unpaired) electrons. The van der Waals surface area contributed by atoms with Gasteiger partial charge >= 0.3 is 0 Å². The topological polar surface area (TPSA) is 41.1 Å². The van der Waals surface area contributed by atoms with E-state index in [2.05, 4.69) is 69.5 Å². The van der Waals surface area contributed by atoms with Gasteiger partial charge in [-0.25, -0.2) is 0 Å². The van der Waals surface area contributed by atoms with Gasteiger partial charge in [0.15, 0.2) is 0 Å². The molecule has 2 N–H and O–H groups in total. The van der Waals surface area contributed by atoms with Crippen molar-refractivity contribution in [1.82, 2.24) is 10.6 Å². The number of amides is 1. The molecule has 0 heterocycles. The standard InChI is InChI=1S/C17H28N2OS/c1-13(2)10-18-16(20)12-21-15-8-6-14(7-9-15)11-19-17(3,4)5/h6-9,13,19H,10-12H2,1-5H3,(H,18,20). The number of nitrogens with one attached hydrogen (secondary N) is 2. The largest absolute Gasteiger partial charge is 0.355 e. The molecular formula is C17H28N2OS. The van der Waals surface area contributed by atoms with Crippen molar-refractivity contribution in [2.75, 3.05) is 12.3 Å². The molecule has 0 aromatic heterocycles. The molecule has 0 atom stereocenters. The Labute approximate surface area is 133 Å². The molecule has 0 unspecified atom stereocenters. The van der Waals surface area contributed by atoms with E-state index in [1.165, 1.54) is 5.56 Å². The minimum Gasteiger partial charge on any atom is -0.355 e. The second-order valence-corrected chi connectivity index (χ2v) is 7.78. The first-order valence-electron chi connectivity index (χ1n) is 7.50. The van der Waals surface area contributed by atoms with Gasteiger partial charge in [0.25, 0.3) is 0 Å². The highest BCUT2D eigenvalue weighted by Gasteiger charge is 2.08. The summed E-state index contributed by atoms with van der Waals surface area (Å²) < 4.78 is 0. The first kappa shape index (κ1) is 18.1. The molecule has 0 bridgehead atoms. The summed E-state index contributed by atoms with van der Waals surface area (Å²) in [7, 11) is 0. The molecule has 3 nitrogen and oxygen atoms in total. The van der Waals surface area contributed by atoms with Gasteiger partial charge in [-0.05, 0) is 44.4 Å². The second-order valence-electron chi connectivity index (χ2n) is 6.73. The van der Waals surface area contributed by atoms with Crippen LogP contribution < -0.4 is 10.6 Å². The molecule has 21 heavy (non-hydrogen) atoms. The molecule has 0 aliphatic heterocycles. The van der Waals surface area contributed by atoms with Crippen molar-refractivity contribution < 1.29 is 4.79 Å². The van der Waals surface area contributed by atoms with Gasteiger partial charge in [-0.3, -0.25) is 4.79 Å². The molecular weight excluding hydrogens is 280 g/mol. The number of carbonyl (C=O) groups is 1. The lowest BCUT2D eigenvalue weighted by Gasteiger charge is -2.20. The van der Waals surface area contributed by atoms with Crippen molar-refractivity contribution in [2.45, 2.75) is 51.6 Å². The van der Waals surface area contributed by atoms with Crippen molar-refractivity contribution in [1.29, 1.82) is 0 Å². The van der Waals surface area contributed by atoms with Crippen LogP contribution in [0.15, 0.2) is 29.2 Å². The second kappa shape index (κ2) is 8.44. The van der Waals surface area contributed by atoms with Crippen LogP contribution in [0, 0.1) is 5.92 Å². The highest BCUT2D eigenvalue weighted by molar-refractivity contribution is 8.00. The summed E-state index contributed by atoms with van der Waals surface area (Å²) >= 11 is 1.58. The smallest absolute Gasteiger partial charge is 0.230 e. The third kappa shape index (κ3) is 8.79. The minimum atomic E-state index is 0.104. The van der Waals surface area contributed by atoms with Crippen LogP contribution in [0.1, 0.15) is 40.2 Å². The molecule has 1 amide bonds. The summed E-state index contributed by atoms with van der Waals surface area (Å²) in [5, 5.41) is 6.40. The summed E-state index contributed by atoms with van der Waals surface area (Å²) in [6.07, 6.45) is 0. The van der Waals surface area contributed by atoms with E-state index in [0.717, 1.165) is 18.0 Å². The Morgan fingerprint density at radius 3 is 2.33 bits per heavy atom. The Hall–Kier alpha value is -1.00. The van der Waals surface area contributed by atoms with Gasteiger partial charge in [0, 0.05) is 23.5 Å². The number of thioether (sulfide) groups is 1. The fourth-order valence-electron chi connectivity index (χ4n) is 1.59. The zero-order valence-corrected chi connectivity index (χ0v) is 14.6. The van der Waals surface area contributed by atoms with E-state index < -0.39 is 0 Å². The lowest BCUT2D eigenvalue weighted by atomic mass is 10.1. The first-order chi connectivity index (χ1) is 9.76. The third-order valence-corrected chi connectivity index (χ3v) is 3.84. The van der Waals surface area contributed by atoms with Crippen LogP contribution in [-0.4, -0.2) is 23.7 Å². The lowest BCUT2D eigenvalue weighted by molar-refractivity contribution is -0.118. The van der Waals surface area contributed by atoms with Gasteiger partial charge in [0.2, 0.25) is 5.91 Å². The van der Waals surface area contributed by atoms with Crippen molar-refractivity contribution in [2.24, 2.45) is 5.92 Å². The fourth-order valence-corrected chi connectivity index (χ4v) is 2.32. The maximum absolute atomic E-state index is 11.7. The average Bonchev–Trinajstić information content (AvgIpc) is 2.41. The Morgan fingerprint density at radius 1 is 1.19 bits per heavy atom. The summed E-state index contributed by atoms with van der Waals surface area (Å²) in [4.78, 5) is 12.8. The molecule has 0 spiro atoms. The molecule has 0 fully saturated rings. The fraction of sp³-hybridized carbons (Fsp3) is 0.588. The van der Waals surface area contributed by atoms with Gasteiger partial charge in [-0.1, -0.05) is 26.0 Å². The predicted molar refractivity (Wildman–Crippen MR) is 91.6 cm³/mol. The number of rotatable bonds is 7. The number of hydrogen-bond donors (Lipinski definition) is 2. The molecule has 1 rings (SSSR count). The van der Waals surface area contributed by atoms with E-state index in [9.17, 15) is 4.79 Å². The van der Waals surface area contributed by atoms with Crippen molar-refractivity contribution >= 4 is 17.7 Å². The summed E-state index contributed by atoms with van der Waals surface area (Å²) in [6.45, 7) is 12.3. The minimum absolute atomic E-state index is 0.104. The lowest BCUT2D eigenvalue weighted by Crippen LogP contribution is -2.35. The van der Waals surface area contributed by atoms with Gasteiger partial charge in [-0.2, -0.15) is 0 Å². The first-order valence-corrected chi connectivity index (χ1v) is 8.48. The zero-order chi connectivity index (χ0) is 15.9. The van der Waals surface area contributed by atoms with E-state index in [0.29, 0.717) is 11.7 Å². The normalized spacial score (nSPS) is 11.7. The van der Waals surface area contributed by atoms with Crippen LogP contribution in [0.25, 0.3) is 0 Å². The molecule has 1 aromatic carbocycles. The van der Waals surface area contributed by atoms with Crippen LogP contribution in [0.3, 0.4) is 0 Å². The predicted octanol–water partition coefficient (Wildman–Crippen LogP) is 3.44. The zero-order valence-electron chi connectivity index (χ0n) is 13.8. The highest BCUT2D eigenvalue weighted by Crippen LogP contribution is 2.18. The van der Waals surface area contributed by atoms with Crippen LogP contribution in [0.5, 0.6) is 0 Å². The number of carbonyl (C=O) groups excluding carboxylic acids is 1. The maximum atomic E-state index is 11.7. The van der Waals surface area contributed by atoms with Crippen molar-refractivity contribution in [3.05, 3.63) is 29.8 Å². The Balaban J connectivity index is 2.35. The van der Waals surface area contributed by atoms with Gasteiger partial charge < -0.3 is 10.6 Å². The van der Waals surface area contributed by atoms with E-state index in [4.69, 9.17) is 0 Å². The SMILES string of the molecule is CC(C)CNC(=O)CSc1ccc(CNC(C)(C)C)cc1. The van der Waals surface area contributed by atoms with E-state index >= 15 is 0 Å². The van der Waals surface area contributed by atoms with E-state index in [-0.39, 0.29) is 11.4 Å². The highest BCUT2D eigenvalue weighted by atomic mass is 32.2. The van der Waals surface area contributed by atoms with E-state index in [1.807, 2.05) is 0 Å². The van der Waals surface area contributed by atoms with E-state index in [1.54, 1.807) is 11.8 Å². The van der Waals surface area contributed by atoms with Crippen LogP contribution in [0.2, 0.25) is 0 Å². The Kier molecular flexibility index (Phi) is 7.26. The molecule has 118 valence electrons. The summed E-state index contributed by atoms with van der Waals surface area (Å²) in [5.74, 6) is 1.08. The van der Waals surface area contributed by atoms with Crippen molar-refractivity contribution in [3.63, 3.8) is 0 Å². The molecule has 0 saturated heterocycles. The molecule has 0 saturated carbocycles. The number of hydrogen-bond acceptors (Lipinski definition) is 3. The van der Waals surface area contributed by atoms with Gasteiger partial charge in [-0.15, -0.1) is 11.8 Å². The average molecular weight is 308 g/mol. The van der Waals surface area contributed by atoms with Crippen LogP contribution in [0.4, 0.5) is 0 Å². The third-order valence-electron chi connectivity index (χ3n) is 2.82. The molecule has 1 aromatic rings. The summed E-state index contributed by atoms with van der Waals surface area (Å²) in [5.41, 5.74) is 1.39. The molecule has 4 heteroatoms.